The Morgan fingerprint density at radius 1 is 1.29 bits per heavy atom. The standard InChI is InChI=1S/C14H18NO2/c1-11(2)15-14(17)9-13(10-16)8-12-6-4-3-5-7-12/h3-7,11,13H,8-9H2,1-2H3,(H,15,17). The molecule has 3 nitrogen and oxygen atoms in total. The van der Waals surface area contributed by atoms with Gasteiger partial charge in [0, 0.05) is 18.4 Å². The Kier molecular flexibility index (Phi) is 5.40. The third-order valence-electron chi connectivity index (χ3n) is 2.37. The molecule has 1 amide bonds. The third-order valence-corrected chi connectivity index (χ3v) is 2.37. The number of hydrogen-bond donors (Lipinski definition) is 1. The van der Waals surface area contributed by atoms with Crippen LogP contribution in [0.3, 0.4) is 0 Å². The van der Waals surface area contributed by atoms with Gasteiger partial charge in [0.05, 0.1) is 0 Å². The quantitative estimate of drug-likeness (QED) is 0.814. The third kappa shape index (κ3) is 5.29. The van der Waals surface area contributed by atoms with E-state index in [0.717, 1.165) is 5.56 Å². The summed E-state index contributed by atoms with van der Waals surface area (Å²) in [6.45, 7) is 3.80. The van der Waals surface area contributed by atoms with Gasteiger partial charge in [-0.2, -0.15) is 0 Å². The summed E-state index contributed by atoms with van der Waals surface area (Å²) >= 11 is 0. The van der Waals surface area contributed by atoms with E-state index in [1.54, 1.807) is 0 Å². The van der Waals surface area contributed by atoms with Gasteiger partial charge in [-0.15, -0.1) is 0 Å². The number of benzene rings is 1. The predicted molar refractivity (Wildman–Crippen MR) is 67.2 cm³/mol. The molecule has 0 aliphatic carbocycles. The second-order valence-electron chi connectivity index (χ2n) is 4.43. The molecule has 1 aromatic rings. The number of rotatable bonds is 6. The van der Waals surface area contributed by atoms with E-state index in [1.165, 1.54) is 0 Å². The van der Waals surface area contributed by atoms with Gasteiger partial charge in [0.15, 0.2) is 0 Å². The molecule has 0 bridgehead atoms. The lowest BCUT2D eigenvalue weighted by molar-refractivity contribution is -0.122. The topological polar surface area (TPSA) is 46.2 Å². The van der Waals surface area contributed by atoms with Crippen molar-refractivity contribution in [3.8, 4) is 0 Å². The SMILES string of the molecule is CC(C)NC(=O)CC([C]=O)Cc1ccccc1. The first-order valence-corrected chi connectivity index (χ1v) is 5.82. The summed E-state index contributed by atoms with van der Waals surface area (Å²) in [5, 5.41) is 2.78. The van der Waals surface area contributed by atoms with Crippen molar-refractivity contribution in [1.82, 2.24) is 5.32 Å². The average Bonchev–Trinajstić information content (AvgIpc) is 2.28. The van der Waals surface area contributed by atoms with Crippen LogP contribution in [0, 0.1) is 5.92 Å². The molecule has 1 rings (SSSR count). The molecule has 0 fully saturated rings. The van der Waals surface area contributed by atoms with Crippen LogP contribution in [-0.2, 0) is 16.0 Å². The van der Waals surface area contributed by atoms with E-state index in [-0.39, 0.29) is 24.3 Å². The fourth-order valence-corrected chi connectivity index (χ4v) is 1.66. The fraction of sp³-hybridized carbons (Fsp3) is 0.429. The molecular weight excluding hydrogens is 214 g/mol. The number of carbonyl (C=O) groups is 1. The molecule has 17 heavy (non-hydrogen) atoms. The van der Waals surface area contributed by atoms with E-state index in [9.17, 15) is 9.59 Å². The van der Waals surface area contributed by atoms with E-state index in [0.29, 0.717) is 6.42 Å². The van der Waals surface area contributed by atoms with Crippen LogP contribution in [0.5, 0.6) is 0 Å². The van der Waals surface area contributed by atoms with Crippen molar-refractivity contribution < 1.29 is 9.59 Å². The number of carbonyl (C=O) groups excluding carboxylic acids is 2. The highest BCUT2D eigenvalue weighted by atomic mass is 16.1. The fourth-order valence-electron chi connectivity index (χ4n) is 1.66. The minimum Gasteiger partial charge on any atom is -0.354 e. The van der Waals surface area contributed by atoms with Crippen molar-refractivity contribution >= 4 is 12.2 Å². The monoisotopic (exact) mass is 232 g/mol. The van der Waals surface area contributed by atoms with Crippen LogP contribution in [0.1, 0.15) is 25.8 Å². The van der Waals surface area contributed by atoms with Crippen molar-refractivity contribution in [2.75, 3.05) is 0 Å². The molecule has 0 aliphatic rings. The highest BCUT2D eigenvalue weighted by molar-refractivity contribution is 5.79. The minimum absolute atomic E-state index is 0.0933. The first kappa shape index (κ1) is 13.4. The van der Waals surface area contributed by atoms with Crippen LogP contribution >= 0.6 is 0 Å². The lowest BCUT2D eigenvalue weighted by Gasteiger charge is -2.12. The lowest BCUT2D eigenvalue weighted by Crippen LogP contribution is -2.32. The maximum absolute atomic E-state index is 11.5. The molecule has 0 saturated heterocycles. The first-order valence-electron chi connectivity index (χ1n) is 5.82. The van der Waals surface area contributed by atoms with Crippen molar-refractivity contribution in [2.24, 2.45) is 5.92 Å². The van der Waals surface area contributed by atoms with Crippen molar-refractivity contribution in [3.63, 3.8) is 0 Å². The summed E-state index contributed by atoms with van der Waals surface area (Å²) in [7, 11) is 0. The van der Waals surface area contributed by atoms with Gasteiger partial charge in [0.25, 0.3) is 0 Å². The first-order chi connectivity index (χ1) is 8.11. The zero-order valence-electron chi connectivity index (χ0n) is 10.3. The highest BCUT2D eigenvalue weighted by Gasteiger charge is 2.15. The smallest absolute Gasteiger partial charge is 0.220 e. The average molecular weight is 232 g/mol. The second-order valence-corrected chi connectivity index (χ2v) is 4.43. The second kappa shape index (κ2) is 6.84. The summed E-state index contributed by atoms with van der Waals surface area (Å²) in [5.41, 5.74) is 1.05. The van der Waals surface area contributed by atoms with E-state index >= 15 is 0 Å². The van der Waals surface area contributed by atoms with Gasteiger partial charge >= 0.3 is 0 Å². The summed E-state index contributed by atoms with van der Waals surface area (Å²) < 4.78 is 0. The molecule has 1 N–H and O–H groups in total. The molecule has 91 valence electrons. The molecule has 0 saturated carbocycles. The maximum atomic E-state index is 11.5. The zero-order chi connectivity index (χ0) is 12.7. The van der Waals surface area contributed by atoms with Gasteiger partial charge in [-0.25, -0.2) is 0 Å². The summed E-state index contributed by atoms with van der Waals surface area (Å²) in [6, 6.07) is 9.77. The highest BCUT2D eigenvalue weighted by Crippen LogP contribution is 2.10. The maximum Gasteiger partial charge on any atom is 0.220 e. The largest absolute Gasteiger partial charge is 0.354 e. The number of amides is 1. The summed E-state index contributed by atoms with van der Waals surface area (Å²) in [5.74, 6) is -0.458. The Morgan fingerprint density at radius 3 is 2.47 bits per heavy atom. The zero-order valence-corrected chi connectivity index (χ0v) is 10.3. The van der Waals surface area contributed by atoms with E-state index in [1.807, 2.05) is 50.5 Å². The lowest BCUT2D eigenvalue weighted by atomic mass is 9.97. The molecular formula is C14H18NO2. The Hall–Kier alpha value is -1.64. The van der Waals surface area contributed by atoms with Crippen LogP contribution in [0.2, 0.25) is 0 Å². The normalized spacial score (nSPS) is 12.2. The van der Waals surface area contributed by atoms with Crippen molar-refractivity contribution in [2.45, 2.75) is 32.7 Å². The van der Waals surface area contributed by atoms with Crippen molar-refractivity contribution in [3.05, 3.63) is 35.9 Å². The van der Waals surface area contributed by atoms with E-state index < -0.39 is 0 Å². The molecule has 1 atom stereocenters. The van der Waals surface area contributed by atoms with Crippen molar-refractivity contribution in [1.29, 1.82) is 0 Å². The van der Waals surface area contributed by atoms with E-state index in [4.69, 9.17) is 0 Å². The Labute approximate surface area is 102 Å². The van der Waals surface area contributed by atoms with Crippen LogP contribution in [0.15, 0.2) is 30.3 Å². The van der Waals surface area contributed by atoms with Gasteiger partial charge in [0.2, 0.25) is 12.2 Å². The molecule has 1 unspecified atom stereocenters. The molecule has 1 aromatic carbocycles. The van der Waals surface area contributed by atoms with Gasteiger partial charge in [-0.3, -0.25) is 9.59 Å². The van der Waals surface area contributed by atoms with Crippen LogP contribution in [0.25, 0.3) is 0 Å². The van der Waals surface area contributed by atoms with Crippen LogP contribution < -0.4 is 5.32 Å². The van der Waals surface area contributed by atoms with E-state index in [2.05, 4.69) is 5.32 Å². The van der Waals surface area contributed by atoms with Crippen LogP contribution in [0.4, 0.5) is 0 Å². The van der Waals surface area contributed by atoms with Gasteiger partial charge < -0.3 is 5.32 Å². The number of nitrogens with one attached hydrogen (secondary N) is 1. The minimum atomic E-state index is -0.365. The Bertz CT molecular complexity index is 360. The molecule has 1 radical (unpaired) electrons. The molecule has 0 aromatic heterocycles. The molecule has 0 heterocycles. The molecule has 0 aliphatic heterocycles. The van der Waals surface area contributed by atoms with Gasteiger partial charge in [-0.05, 0) is 25.8 Å². The van der Waals surface area contributed by atoms with Crippen LogP contribution in [-0.4, -0.2) is 18.2 Å². The predicted octanol–water partition coefficient (Wildman–Crippen LogP) is 1.87. The summed E-state index contributed by atoms with van der Waals surface area (Å²) in [4.78, 5) is 22.3. The van der Waals surface area contributed by atoms with Gasteiger partial charge in [-0.1, -0.05) is 30.3 Å². The van der Waals surface area contributed by atoms with Gasteiger partial charge in [0.1, 0.15) is 0 Å². The Balaban J connectivity index is 2.49. The Morgan fingerprint density at radius 2 is 1.94 bits per heavy atom. The molecule has 0 spiro atoms. The summed E-state index contributed by atoms with van der Waals surface area (Å²) in [6.07, 6.45) is 2.71. The molecule has 3 heteroatoms. The number of hydrogen-bond acceptors (Lipinski definition) is 2.